The third kappa shape index (κ3) is 4.76. The number of hydrogen-bond donors (Lipinski definition) is 1. The second-order valence-corrected chi connectivity index (χ2v) is 7.75. The number of amides is 3. The van der Waals surface area contributed by atoms with Gasteiger partial charge in [0.15, 0.2) is 0 Å². The van der Waals surface area contributed by atoms with Crippen LogP contribution in [0.1, 0.15) is 23.2 Å². The van der Waals surface area contributed by atoms with Gasteiger partial charge in [-0.2, -0.15) is 0 Å². The number of nitrogens with zero attached hydrogens (tertiary/aromatic N) is 4. The first kappa shape index (κ1) is 20.6. The highest BCUT2D eigenvalue weighted by Gasteiger charge is 2.22. The number of piperazine rings is 1. The van der Waals surface area contributed by atoms with Crippen LogP contribution in [-0.4, -0.2) is 65.9 Å². The molecule has 0 unspecified atom stereocenters. The van der Waals surface area contributed by atoms with E-state index in [9.17, 15) is 19.7 Å². The van der Waals surface area contributed by atoms with E-state index in [1.807, 2.05) is 4.90 Å². The molecule has 0 aromatic heterocycles. The van der Waals surface area contributed by atoms with Crippen molar-refractivity contribution in [1.82, 2.24) is 9.80 Å². The summed E-state index contributed by atoms with van der Waals surface area (Å²) in [5, 5.41) is 13.7. The lowest BCUT2D eigenvalue weighted by molar-refractivity contribution is -0.384. The van der Waals surface area contributed by atoms with Gasteiger partial charge >= 0.3 is 6.03 Å². The summed E-state index contributed by atoms with van der Waals surface area (Å²) in [7, 11) is 0. The highest BCUT2D eigenvalue weighted by molar-refractivity contribution is 5.95. The fourth-order valence-corrected chi connectivity index (χ4v) is 3.95. The standard InChI is InChI=1S/C22H25N5O4/c28-21(25-11-1-2-12-25)17-3-5-18(6-4-17)23-22(29)26-15-13-24(14-16-26)19-7-9-20(10-8-19)27(30)31/h3-10H,1-2,11-16H2,(H,23,29). The van der Waals surface area contributed by atoms with Crippen LogP contribution < -0.4 is 10.2 Å². The minimum absolute atomic E-state index is 0.0396. The summed E-state index contributed by atoms with van der Waals surface area (Å²) < 4.78 is 0. The zero-order chi connectivity index (χ0) is 21.8. The number of nitro groups is 1. The Kier molecular flexibility index (Phi) is 6.01. The van der Waals surface area contributed by atoms with Crippen molar-refractivity contribution in [2.24, 2.45) is 0 Å². The van der Waals surface area contributed by atoms with Crippen molar-refractivity contribution in [1.29, 1.82) is 0 Å². The molecule has 162 valence electrons. The molecule has 3 amide bonds. The summed E-state index contributed by atoms with van der Waals surface area (Å²) in [4.78, 5) is 41.1. The van der Waals surface area contributed by atoms with Crippen molar-refractivity contribution >= 4 is 29.0 Å². The molecule has 0 bridgehead atoms. The number of nitro benzene ring substituents is 1. The quantitative estimate of drug-likeness (QED) is 0.601. The lowest BCUT2D eigenvalue weighted by Crippen LogP contribution is -2.50. The van der Waals surface area contributed by atoms with Gasteiger partial charge in [0.05, 0.1) is 4.92 Å². The van der Waals surface area contributed by atoms with E-state index >= 15 is 0 Å². The fourth-order valence-electron chi connectivity index (χ4n) is 3.95. The van der Waals surface area contributed by atoms with E-state index in [1.165, 1.54) is 12.1 Å². The Bertz CT molecular complexity index is 947. The Hall–Kier alpha value is -3.62. The van der Waals surface area contributed by atoms with Gasteiger partial charge in [0, 0.05) is 68.3 Å². The van der Waals surface area contributed by atoms with Crippen molar-refractivity contribution in [3.8, 4) is 0 Å². The van der Waals surface area contributed by atoms with Crippen molar-refractivity contribution in [2.75, 3.05) is 49.5 Å². The van der Waals surface area contributed by atoms with E-state index < -0.39 is 4.92 Å². The van der Waals surface area contributed by atoms with E-state index in [2.05, 4.69) is 10.2 Å². The zero-order valence-corrected chi connectivity index (χ0v) is 17.2. The maximum Gasteiger partial charge on any atom is 0.321 e. The van der Waals surface area contributed by atoms with Crippen LogP contribution in [0.25, 0.3) is 0 Å². The molecule has 1 N–H and O–H groups in total. The summed E-state index contributed by atoms with van der Waals surface area (Å²) >= 11 is 0. The van der Waals surface area contributed by atoms with Crippen molar-refractivity contribution < 1.29 is 14.5 Å². The highest BCUT2D eigenvalue weighted by Crippen LogP contribution is 2.21. The van der Waals surface area contributed by atoms with Crippen molar-refractivity contribution in [2.45, 2.75) is 12.8 Å². The SMILES string of the molecule is O=C(Nc1ccc(C(=O)N2CCCC2)cc1)N1CCN(c2ccc([N+](=O)[O-])cc2)CC1. The molecule has 2 saturated heterocycles. The number of hydrogen-bond acceptors (Lipinski definition) is 5. The number of rotatable bonds is 4. The maximum absolute atomic E-state index is 12.6. The monoisotopic (exact) mass is 423 g/mol. The van der Waals surface area contributed by atoms with Crippen molar-refractivity contribution in [3.05, 3.63) is 64.2 Å². The number of carbonyl (C=O) groups is 2. The zero-order valence-electron chi connectivity index (χ0n) is 17.2. The Morgan fingerprint density at radius 1 is 0.806 bits per heavy atom. The van der Waals surface area contributed by atoms with E-state index in [0.29, 0.717) is 37.4 Å². The van der Waals surface area contributed by atoms with Gasteiger partial charge in [-0.15, -0.1) is 0 Å². The second kappa shape index (κ2) is 9.03. The molecule has 4 rings (SSSR count). The van der Waals surface area contributed by atoms with Crippen LogP contribution in [0.5, 0.6) is 0 Å². The first-order valence-electron chi connectivity index (χ1n) is 10.5. The number of likely N-dealkylation sites (tertiary alicyclic amines) is 1. The summed E-state index contributed by atoms with van der Waals surface area (Å²) in [6.45, 7) is 4.01. The number of nitrogens with one attached hydrogen (secondary N) is 1. The summed E-state index contributed by atoms with van der Waals surface area (Å²) in [6.07, 6.45) is 2.11. The van der Waals surface area contributed by atoms with Gasteiger partial charge in [0.2, 0.25) is 0 Å². The van der Waals surface area contributed by atoms with Crippen LogP contribution in [-0.2, 0) is 0 Å². The van der Waals surface area contributed by atoms with E-state index in [1.54, 1.807) is 41.3 Å². The third-order valence-electron chi connectivity index (χ3n) is 5.77. The molecule has 0 radical (unpaired) electrons. The molecule has 0 spiro atoms. The van der Waals surface area contributed by atoms with Gasteiger partial charge in [-0.1, -0.05) is 0 Å². The Balaban J connectivity index is 1.28. The summed E-state index contributed by atoms with van der Waals surface area (Å²) in [5.74, 6) is 0.0396. The number of benzene rings is 2. The Labute approximate surface area is 180 Å². The normalized spacial score (nSPS) is 16.3. The average Bonchev–Trinajstić information content (AvgIpc) is 3.34. The largest absolute Gasteiger partial charge is 0.368 e. The molecule has 9 heteroatoms. The molecule has 2 heterocycles. The molecule has 0 aliphatic carbocycles. The lowest BCUT2D eigenvalue weighted by Gasteiger charge is -2.36. The van der Waals surface area contributed by atoms with E-state index in [4.69, 9.17) is 0 Å². The molecule has 2 fully saturated rings. The number of carbonyl (C=O) groups excluding carboxylic acids is 2. The number of urea groups is 1. The molecule has 2 aliphatic heterocycles. The molecular formula is C22H25N5O4. The van der Waals surface area contributed by atoms with Crippen LogP contribution in [0.4, 0.5) is 21.9 Å². The molecule has 2 aliphatic rings. The number of anilines is 2. The van der Waals surface area contributed by atoms with Crippen molar-refractivity contribution in [3.63, 3.8) is 0 Å². The lowest BCUT2D eigenvalue weighted by atomic mass is 10.2. The van der Waals surface area contributed by atoms with Gasteiger partial charge in [-0.25, -0.2) is 4.79 Å². The predicted octanol–water partition coefficient (Wildman–Crippen LogP) is 3.18. The molecule has 0 atom stereocenters. The van der Waals surface area contributed by atoms with E-state index in [-0.39, 0.29) is 17.6 Å². The predicted molar refractivity (Wildman–Crippen MR) is 117 cm³/mol. The topological polar surface area (TPSA) is 99.0 Å². The van der Waals surface area contributed by atoms with Gasteiger partial charge in [0.1, 0.15) is 0 Å². The summed E-state index contributed by atoms with van der Waals surface area (Å²) in [6, 6.07) is 13.3. The Morgan fingerprint density at radius 2 is 1.42 bits per heavy atom. The smallest absolute Gasteiger partial charge is 0.321 e. The van der Waals surface area contributed by atoms with Gasteiger partial charge in [0.25, 0.3) is 11.6 Å². The number of non-ortho nitro benzene ring substituents is 1. The highest BCUT2D eigenvalue weighted by atomic mass is 16.6. The van der Waals surface area contributed by atoms with Crippen LogP contribution in [0.15, 0.2) is 48.5 Å². The summed E-state index contributed by atoms with van der Waals surface area (Å²) in [5.41, 5.74) is 2.26. The van der Waals surface area contributed by atoms with E-state index in [0.717, 1.165) is 31.6 Å². The fraction of sp³-hybridized carbons (Fsp3) is 0.364. The minimum Gasteiger partial charge on any atom is -0.368 e. The minimum atomic E-state index is -0.416. The molecular weight excluding hydrogens is 398 g/mol. The molecule has 2 aromatic rings. The van der Waals surface area contributed by atoms with Crippen LogP contribution in [0.2, 0.25) is 0 Å². The van der Waals surface area contributed by atoms with Crippen LogP contribution >= 0.6 is 0 Å². The molecule has 31 heavy (non-hydrogen) atoms. The molecule has 0 saturated carbocycles. The third-order valence-corrected chi connectivity index (χ3v) is 5.77. The maximum atomic E-state index is 12.6. The van der Waals surface area contributed by atoms with Crippen LogP contribution in [0, 0.1) is 10.1 Å². The molecule has 2 aromatic carbocycles. The van der Waals surface area contributed by atoms with Gasteiger partial charge < -0.3 is 20.0 Å². The second-order valence-electron chi connectivity index (χ2n) is 7.75. The first-order valence-corrected chi connectivity index (χ1v) is 10.5. The van der Waals surface area contributed by atoms with Crippen LogP contribution in [0.3, 0.4) is 0 Å². The molecule has 9 nitrogen and oxygen atoms in total. The Morgan fingerprint density at radius 3 is 2.00 bits per heavy atom. The van der Waals surface area contributed by atoms with Gasteiger partial charge in [-0.3, -0.25) is 14.9 Å². The van der Waals surface area contributed by atoms with Gasteiger partial charge in [-0.05, 0) is 49.2 Å². The first-order chi connectivity index (χ1) is 15.0. The average molecular weight is 423 g/mol.